The van der Waals surface area contributed by atoms with Crippen LogP contribution >= 0.6 is 11.3 Å². The number of anilines is 1. The quantitative estimate of drug-likeness (QED) is 0.659. The maximum Gasteiger partial charge on any atom is 0.286 e. The van der Waals surface area contributed by atoms with Gasteiger partial charge in [-0.25, -0.2) is 4.98 Å². The minimum atomic E-state index is -0.330. The highest BCUT2D eigenvalue weighted by Gasteiger charge is 2.26. The van der Waals surface area contributed by atoms with Gasteiger partial charge in [-0.1, -0.05) is 23.5 Å². The number of ether oxygens (including phenoxy) is 1. The van der Waals surface area contributed by atoms with Crippen molar-refractivity contribution in [2.45, 2.75) is 25.4 Å². The fourth-order valence-electron chi connectivity index (χ4n) is 3.17. The third kappa shape index (κ3) is 4.23. The first-order chi connectivity index (χ1) is 13.7. The molecule has 0 spiro atoms. The van der Waals surface area contributed by atoms with Crippen molar-refractivity contribution in [3.63, 3.8) is 0 Å². The zero-order valence-corrected chi connectivity index (χ0v) is 16.1. The number of carbonyl (C=O) groups excluding carboxylic acids is 2. The van der Waals surface area contributed by atoms with Gasteiger partial charge in [-0.15, -0.1) is 0 Å². The van der Waals surface area contributed by atoms with E-state index in [1.54, 1.807) is 17.0 Å². The van der Waals surface area contributed by atoms with E-state index in [0.717, 1.165) is 29.7 Å². The molecule has 1 fully saturated rings. The molecule has 1 aromatic carbocycles. The van der Waals surface area contributed by atoms with Gasteiger partial charge in [-0.05, 0) is 37.1 Å². The molecule has 8 heteroatoms. The summed E-state index contributed by atoms with van der Waals surface area (Å²) in [6.45, 7) is 1.43. The Bertz CT molecular complexity index is 914. The lowest BCUT2D eigenvalue weighted by Gasteiger charge is -2.23. The van der Waals surface area contributed by atoms with Gasteiger partial charge < -0.3 is 14.5 Å². The average Bonchev–Trinajstić information content (AvgIpc) is 3.47. The molecule has 1 aliphatic heterocycles. The molecule has 7 nitrogen and oxygen atoms in total. The maximum atomic E-state index is 12.9. The second-order valence-corrected chi connectivity index (χ2v) is 7.60. The van der Waals surface area contributed by atoms with Crippen molar-refractivity contribution >= 4 is 38.5 Å². The molecule has 0 aliphatic carbocycles. The number of nitrogens with zero attached hydrogens (tertiary/aromatic N) is 2. The number of furan rings is 1. The lowest BCUT2D eigenvalue weighted by Crippen LogP contribution is -2.39. The first-order valence-corrected chi connectivity index (χ1v) is 10.1. The summed E-state index contributed by atoms with van der Waals surface area (Å²) in [6.07, 6.45) is 3.58. The molecule has 2 amide bonds. The third-order valence-corrected chi connectivity index (χ3v) is 5.65. The van der Waals surface area contributed by atoms with Crippen LogP contribution in [-0.4, -0.2) is 42.6 Å². The normalized spacial score (nSPS) is 16.4. The van der Waals surface area contributed by atoms with E-state index in [1.165, 1.54) is 17.6 Å². The highest BCUT2D eigenvalue weighted by atomic mass is 32.1. The molecule has 146 valence electrons. The van der Waals surface area contributed by atoms with Crippen LogP contribution in [0.5, 0.6) is 0 Å². The molecule has 1 saturated heterocycles. The van der Waals surface area contributed by atoms with Gasteiger partial charge in [0.05, 0.1) is 29.1 Å². The van der Waals surface area contributed by atoms with Crippen LogP contribution in [0.2, 0.25) is 0 Å². The third-order valence-electron chi connectivity index (χ3n) is 4.59. The number of benzene rings is 1. The fourth-order valence-corrected chi connectivity index (χ4v) is 4.16. The minimum absolute atomic E-state index is 0.0219. The molecule has 1 aliphatic rings. The second kappa shape index (κ2) is 8.53. The van der Waals surface area contributed by atoms with Crippen LogP contribution in [0.3, 0.4) is 0 Å². The van der Waals surface area contributed by atoms with Crippen molar-refractivity contribution < 1.29 is 18.7 Å². The van der Waals surface area contributed by atoms with E-state index in [4.69, 9.17) is 9.15 Å². The first-order valence-electron chi connectivity index (χ1n) is 9.30. The summed E-state index contributed by atoms with van der Waals surface area (Å²) in [5.41, 5.74) is 0.874. The maximum absolute atomic E-state index is 12.9. The predicted octanol–water partition coefficient (Wildman–Crippen LogP) is 3.22. The van der Waals surface area contributed by atoms with Crippen LogP contribution in [0.25, 0.3) is 10.2 Å². The van der Waals surface area contributed by atoms with Crippen molar-refractivity contribution in [1.29, 1.82) is 0 Å². The molecule has 0 radical (unpaired) electrons. The first kappa shape index (κ1) is 18.6. The standard InChI is InChI=1S/C20H21N3O4S/c24-18(9-10-21-19(25)16-7-4-12-27-16)23(13-14-5-3-11-26-14)20-22-15-6-1-2-8-17(15)28-20/h1-2,4,6-8,12,14H,3,5,9-11,13H2,(H,21,25). The van der Waals surface area contributed by atoms with E-state index in [0.29, 0.717) is 11.7 Å². The van der Waals surface area contributed by atoms with Crippen molar-refractivity contribution in [2.75, 3.05) is 24.6 Å². The summed E-state index contributed by atoms with van der Waals surface area (Å²) in [4.78, 5) is 31.2. The van der Waals surface area contributed by atoms with Gasteiger partial charge in [0, 0.05) is 19.6 Å². The van der Waals surface area contributed by atoms with Gasteiger partial charge in [-0.2, -0.15) is 0 Å². The van der Waals surface area contributed by atoms with Crippen LogP contribution in [0.1, 0.15) is 29.8 Å². The predicted molar refractivity (Wildman–Crippen MR) is 107 cm³/mol. The monoisotopic (exact) mass is 399 g/mol. The Morgan fingerprint density at radius 3 is 2.89 bits per heavy atom. The highest BCUT2D eigenvalue weighted by molar-refractivity contribution is 7.22. The van der Waals surface area contributed by atoms with E-state index in [1.807, 2.05) is 24.3 Å². The number of para-hydroxylation sites is 1. The van der Waals surface area contributed by atoms with Crippen LogP contribution in [-0.2, 0) is 9.53 Å². The number of fused-ring (bicyclic) bond motifs is 1. The molecular weight excluding hydrogens is 378 g/mol. The molecule has 1 unspecified atom stereocenters. The van der Waals surface area contributed by atoms with E-state index >= 15 is 0 Å². The molecule has 0 saturated carbocycles. The topological polar surface area (TPSA) is 84.7 Å². The summed E-state index contributed by atoms with van der Waals surface area (Å²) in [5, 5.41) is 3.38. The number of carbonyl (C=O) groups is 2. The molecule has 2 aromatic heterocycles. The average molecular weight is 399 g/mol. The van der Waals surface area contributed by atoms with Gasteiger partial charge in [0.15, 0.2) is 10.9 Å². The number of hydrogen-bond donors (Lipinski definition) is 1. The number of thiazole rings is 1. The lowest BCUT2D eigenvalue weighted by atomic mass is 10.2. The zero-order chi connectivity index (χ0) is 19.3. The zero-order valence-electron chi connectivity index (χ0n) is 15.3. The minimum Gasteiger partial charge on any atom is -0.459 e. The Morgan fingerprint density at radius 1 is 1.25 bits per heavy atom. The largest absolute Gasteiger partial charge is 0.459 e. The number of aromatic nitrogens is 1. The number of hydrogen-bond acceptors (Lipinski definition) is 6. The Balaban J connectivity index is 1.44. The molecule has 1 N–H and O–H groups in total. The number of nitrogens with one attached hydrogen (secondary N) is 1. The molecule has 1 atom stereocenters. The van der Waals surface area contributed by atoms with Gasteiger partial charge in [0.1, 0.15) is 0 Å². The highest BCUT2D eigenvalue weighted by Crippen LogP contribution is 2.30. The molecule has 3 heterocycles. The summed E-state index contributed by atoms with van der Waals surface area (Å²) in [6, 6.07) is 11.1. The van der Waals surface area contributed by atoms with Gasteiger partial charge in [-0.3, -0.25) is 14.5 Å². The summed E-state index contributed by atoms with van der Waals surface area (Å²) >= 11 is 1.49. The van der Waals surface area contributed by atoms with E-state index in [9.17, 15) is 9.59 Å². The van der Waals surface area contributed by atoms with Crippen LogP contribution < -0.4 is 10.2 Å². The van der Waals surface area contributed by atoms with Gasteiger partial charge >= 0.3 is 0 Å². The summed E-state index contributed by atoms with van der Waals surface area (Å²) < 4.78 is 11.8. The van der Waals surface area contributed by atoms with E-state index < -0.39 is 0 Å². The van der Waals surface area contributed by atoms with Crippen LogP contribution in [0.4, 0.5) is 5.13 Å². The van der Waals surface area contributed by atoms with Crippen LogP contribution in [0.15, 0.2) is 47.1 Å². The fraction of sp³-hybridized carbons (Fsp3) is 0.350. The smallest absolute Gasteiger partial charge is 0.286 e. The van der Waals surface area contributed by atoms with Crippen molar-refractivity contribution in [1.82, 2.24) is 10.3 Å². The molecular formula is C20H21N3O4S. The number of rotatable bonds is 7. The molecule has 28 heavy (non-hydrogen) atoms. The number of amides is 2. The van der Waals surface area contributed by atoms with Crippen molar-refractivity contribution in [3.8, 4) is 0 Å². The summed E-state index contributed by atoms with van der Waals surface area (Å²) in [7, 11) is 0. The van der Waals surface area contributed by atoms with Crippen LogP contribution in [0, 0.1) is 0 Å². The second-order valence-electron chi connectivity index (χ2n) is 6.59. The Labute approximate surface area is 166 Å². The SMILES string of the molecule is O=C(NCCC(=O)N(CC1CCCO1)c1nc2ccccc2s1)c1ccco1. The Hall–Kier alpha value is -2.71. The molecule has 0 bridgehead atoms. The Kier molecular flexibility index (Phi) is 5.68. The van der Waals surface area contributed by atoms with Crippen molar-refractivity contribution in [2.24, 2.45) is 0 Å². The van der Waals surface area contributed by atoms with Crippen molar-refractivity contribution in [3.05, 3.63) is 48.4 Å². The van der Waals surface area contributed by atoms with E-state index in [2.05, 4.69) is 10.3 Å². The Morgan fingerprint density at radius 2 is 2.14 bits per heavy atom. The molecule has 4 rings (SSSR count). The van der Waals surface area contributed by atoms with Gasteiger partial charge in [0.25, 0.3) is 5.91 Å². The van der Waals surface area contributed by atoms with Gasteiger partial charge in [0.2, 0.25) is 5.91 Å². The lowest BCUT2D eigenvalue weighted by molar-refractivity contribution is -0.118. The summed E-state index contributed by atoms with van der Waals surface area (Å²) in [5.74, 6) is -0.187. The molecule has 3 aromatic rings. The van der Waals surface area contributed by atoms with E-state index in [-0.39, 0.29) is 36.6 Å².